The fraction of sp³-hybridized carbons (Fsp3) is 0.364. The van der Waals surface area contributed by atoms with Crippen LogP contribution in [0.15, 0.2) is 16.6 Å². The number of carboxylic acids is 1. The number of nitrogens with one attached hydrogen (secondary N) is 1. The van der Waals surface area contributed by atoms with Crippen LogP contribution in [0.25, 0.3) is 0 Å². The quantitative estimate of drug-likeness (QED) is 0.560. The summed E-state index contributed by atoms with van der Waals surface area (Å²) >= 11 is 3.16. The van der Waals surface area contributed by atoms with Crippen LogP contribution in [-0.2, 0) is 4.79 Å². The fourth-order valence-corrected chi connectivity index (χ4v) is 1.82. The predicted molar refractivity (Wildman–Crippen MR) is 72.3 cm³/mol. The molecule has 0 radical (unpaired) electrons. The molecular weight excluding hydrogens is 320 g/mol. The normalized spacial score (nSPS) is 13.7. The number of hydrogen-bond donors (Lipinski definition) is 3. The minimum Gasteiger partial charge on any atom is -0.479 e. The average Bonchev–Trinajstić information content (AvgIpc) is 2.29. The Morgan fingerprint density at radius 3 is 2.63 bits per heavy atom. The number of aliphatic hydroxyl groups is 1. The van der Waals surface area contributed by atoms with E-state index >= 15 is 0 Å². The second-order valence-electron chi connectivity index (χ2n) is 4.31. The van der Waals surface area contributed by atoms with E-state index in [1.807, 2.05) is 0 Å². The van der Waals surface area contributed by atoms with Crippen LogP contribution in [0.5, 0.6) is 0 Å². The SMILES string of the molecule is Cc1cc(NCC(C)(O)C(=O)O)c(Br)cc1[N+](=O)[O-]. The summed E-state index contributed by atoms with van der Waals surface area (Å²) in [5, 5.41) is 31.8. The summed E-state index contributed by atoms with van der Waals surface area (Å²) < 4.78 is 0.422. The Hall–Kier alpha value is -1.67. The Morgan fingerprint density at radius 2 is 2.16 bits per heavy atom. The van der Waals surface area contributed by atoms with Crippen LogP contribution in [0.2, 0.25) is 0 Å². The topological polar surface area (TPSA) is 113 Å². The van der Waals surface area contributed by atoms with E-state index in [-0.39, 0.29) is 12.2 Å². The third-order valence-electron chi connectivity index (χ3n) is 2.57. The van der Waals surface area contributed by atoms with E-state index in [2.05, 4.69) is 21.2 Å². The number of benzene rings is 1. The van der Waals surface area contributed by atoms with Crippen LogP contribution >= 0.6 is 15.9 Å². The summed E-state index contributed by atoms with van der Waals surface area (Å²) in [6, 6.07) is 2.84. The molecule has 0 fully saturated rings. The molecule has 0 saturated carbocycles. The van der Waals surface area contributed by atoms with Crippen molar-refractivity contribution in [3.63, 3.8) is 0 Å². The molecule has 3 N–H and O–H groups in total. The van der Waals surface area contributed by atoms with Crippen molar-refractivity contribution in [3.8, 4) is 0 Å². The molecule has 19 heavy (non-hydrogen) atoms. The lowest BCUT2D eigenvalue weighted by molar-refractivity contribution is -0.385. The molecule has 1 atom stereocenters. The van der Waals surface area contributed by atoms with Crippen molar-refractivity contribution < 1.29 is 19.9 Å². The molecule has 0 aliphatic rings. The molecule has 0 heterocycles. The molecule has 1 rings (SSSR count). The van der Waals surface area contributed by atoms with Crippen molar-refractivity contribution >= 4 is 33.3 Å². The number of carbonyl (C=O) groups is 1. The van der Waals surface area contributed by atoms with Gasteiger partial charge in [-0.15, -0.1) is 0 Å². The molecule has 1 aromatic rings. The predicted octanol–water partition coefficient (Wildman–Crippen LogP) is 1.91. The number of halogens is 1. The highest BCUT2D eigenvalue weighted by Crippen LogP contribution is 2.30. The standard InChI is InChI=1S/C11H13BrN2O5/c1-6-3-8(7(12)4-9(6)14(18)19)13-5-11(2,17)10(15)16/h3-4,13,17H,5H2,1-2H3,(H,15,16). The van der Waals surface area contributed by atoms with Crippen molar-refractivity contribution in [3.05, 3.63) is 32.3 Å². The van der Waals surface area contributed by atoms with Gasteiger partial charge in [0.25, 0.3) is 5.69 Å². The first-order chi connectivity index (χ1) is 8.65. The molecule has 0 saturated heterocycles. The Kier molecular flexibility index (Phi) is 4.48. The third kappa shape index (κ3) is 3.65. The first-order valence-electron chi connectivity index (χ1n) is 5.29. The van der Waals surface area contributed by atoms with Crippen molar-refractivity contribution in [1.82, 2.24) is 0 Å². The lowest BCUT2D eigenvalue weighted by Gasteiger charge is -2.19. The summed E-state index contributed by atoms with van der Waals surface area (Å²) in [5.74, 6) is -1.35. The number of nitro groups is 1. The largest absolute Gasteiger partial charge is 0.479 e. The van der Waals surface area contributed by atoms with Gasteiger partial charge in [0.05, 0.1) is 11.5 Å². The van der Waals surface area contributed by atoms with E-state index < -0.39 is 16.5 Å². The lowest BCUT2D eigenvalue weighted by atomic mass is 10.1. The molecule has 0 amide bonds. The zero-order valence-electron chi connectivity index (χ0n) is 10.3. The maximum Gasteiger partial charge on any atom is 0.337 e. The van der Waals surface area contributed by atoms with Gasteiger partial charge in [-0.1, -0.05) is 0 Å². The molecule has 1 aromatic carbocycles. The van der Waals surface area contributed by atoms with Gasteiger partial charge in [0.2, 0.25) is 0 Å². The second-order valence-corrected chi connectivity index (χ2v) is 5.16. The van der Waals surface area contributed by atoms with E-state index in [9.17, 15) is 20.0 Å². The lowest BCUT2D eigenvalue weighted by Crippen LogP contribution is -2.41. The van der Waals surface area contributed by atoms with Crippen LogP contribution in [0.3, 0.4) is 0 Å². The van der Waals surface area contributed by atoms with Crippen LogP contribution in [0.4, 0.5) is 11.4 Å². The number of aliphatic carboxylic acids is 1. The second kappa shape index (κ2) is 5.54. The fourth-order valence-electron chi connectivity index (χ4n) is 1.35. The maximum atomic E-state index is 10.7. The summed E-state index contributed by atoms with van der Waals surface area (Å²) in [4.78, 5) is 21.0. The number of rotatable bonds is 5. The summed E-state index contributed by atoms with van der Waals surface area (Å²) in [6.45, 7) is 2.51. The monoisotopic (exact) mass is 332 g/mol. The average molecular weight is 333 g/mol. The van der Waals surface area contributed by atoms with Gasteiger partial charge in [-0.25, -0.2) is 4.79 Å². The van der Waals surface area contributed by atoms with E-state index in [1.54, 1.807) is 6.92 Å². The number of anilines is 1. The van der Waals surface area contributed by atoms with E-state index in [4.69, 9.17) is 5.11 Å². The first-order valence-corrected chi connectivity index (χ1v) is 6.08. The van der Waals surface area contributed by atoms with Gasteiger partial charge < -0.3 is 15.5 Å². The van der Waals surface area contributed by atoms with Crippen LogP contribution < -0.4 is 5.32 Å². The molecule has 0 spiro atoms. The number of nitro benzene ring substituents is 1. The highest BCUT2D eigenvalue weighted by atomic mass is 79.9. The molecule has 1 unspecified atom stereocenters. The molecule has 104 valence electrons. The molecule has 0 aliphatic carbocycles. The number of hydrogen-bond acceptors (Lipinski definition) is 5. The van der Waals surface area contributed by atoms with Gasteiger partial charge in [0.1, 0.15) is 0 Å². The van der Waals surface area contributed by atoms with Crippen molar-refractivity contribution in [2.75, 3.05) is 11.9 Å². The molecule has 0 bridgehead atoms. The number of carboxylic acid groups (broad SMARTS) is 1. The molecule has 7 nitrogen and oxygen atoms in total. The smallest absolute Gasteiger partial charge is 0.337 e. The Balaban J connectivity index is 2.95. The molecule has 0 aliphatic heterocycles. The third-order valence-corrected chi connectivity index (χ3v) is 3.22. The van der Waals surface area contributed by atoms with E-state index in [0.717, 1.165) is 6.92 Å². The van der Waals surface area contributed by atoms with E-state index in [0.29, 0.717) is 15.7 Å². The Morgan fingerprint density at radius 1 is 1.58 bits per heavy atom. The van der Waals surface area contributed by atoms with Crippen LogP contribution in [0, 0.1) is 17.0 Å². The maximum absolute atomic E-state index is 10.7. The van der Waals surface area contributed by atoms with Crippen molar-refractivity contribution in [1.29, 1.82) is 0 Å². The Labute approximate surface area is 117 Å². The zero-order valence-corrected chi connectivity index (χ0v) is 11.9. The van der Waals surface area contributed by atoms with Crippen LogP contribution in [-0.4, -0.2) is 33.3 Å². The highest BCUT2D eigenvalue weighted by molar-refractivity contribution is 9.10. The van der Waals surface area contributed by atoms with Gasteiger partial charge in [0, 0.05) is 21.8 Å². The van der Waals surface area contributed by atoms with Gasteiger partial charge in [-0.05, 0) is 35.8 Å². The van der Waals surface area contributed by atoms with Crippen LogP contribution in [0.1, 0.15) is 12.5 Å². The molecule has 8 heteroatoms. The van der Waals surface area contributed by atoms with Gasteiger partial charge in [0.15, 0.2) is 5.60 Å². The van der Waals surface area contributed by atoms with Gasteiger partial charge in [-0.2, -0.15) is 0 Å². The summed E-state index contributed by atoms with van der Waals surface area (Å²) in [6.07, 6.45) is 0. The molecular formula is C11H13BrN2O5. The molecule has 0 aromatic heterocycles. The van der Waals surface area contributed by atoms with E-state index in [1.165, 1.54) is 12.1 Å². The highest BCUT2D eigenvalue weighted by Gasteiger charge is 2.29. The minimum absolute atomic E-state index is 0.0394. The zero-order chi connectivity index (χ0) is 14.8. The first kappa shape index (κ1) is 15.4. The number of aryl methyl sites for hydroxylation is 1. The van der Waals surface area contributed by atoms with Gasteiger partial charge >= 0.3 is 5.97 Å². The van der Waals surface area contributed by atoms with Crippen molar-refractivity contribution in [2.24, 2.45) is 0 Å². The Bertz CT molecular complexity index is 530. The summed E-state index contributed by atoms with van der Waals surface area (Å²) in [7, 11) is 0. The minimum atomic E-state index is -1.92. The van der Waals surface area contributed by atoms with Crippen molar-refractivity contribution in [2.45, 2.75) is 19.4 Å². The summed E-state index contributed by atoms with van der Waals surface area (Å²) in [5.41, 5.74) is -1.05. The van der Waals surface area contributed by atoms with Gasteiger partial charge in [-0.3, -0.25) is 10.1 Å². The number of nitrogens with zero attached hydrogens (tertiary/aromatic N) is 1.